The monoisotopic (exact) mass is 1330 g/mol. The Kier molecular flexibility index (Phi) is 40.1. The number of hydrogen-bond acceptors (Lipinski definition) is 21. The molecule has 2 atom stereocenters. The zero-order valence-corrected chi connectivity index (χ0v) is 56.6. The number of aromatic nitrogens is 9. The Morgan fingerprint density at radius 3 is 1.29 bits per heavy atom. The van der Waals surface area contributed by atoms with Gasteiger partial charge in [0.05, 0.1) is 44.4 Å². The summed E-state index contributed by atoms with van der Waals surface area (Å²) in [7, 11) is 0. The molecule has 4 amide bonds. The molecule has 3 aromatic rings. The summed E-state index contributed by atoms with van der Waals surface area (Å²) in [5.74, 6) is 2.39. The molecule has 2 aliphatic heterocycles. The maximum Gasteiger partial charge on any atom is 0.303 e. The molecule has 5 rings (SSSR count). The minimum atomic E-state index is -0.850. The molecule has 0 aliphatic carbocycles. The first-order chi connectivity index (χ1) is 46.4. The van der Waals surface area contributed by atoms with Gasteiger partial charge in [0, 0.05) is 110 Å². The van der Waals surface area contributed by atoms with E-state index in [1.165, 1.54) is 0 Å². The van der Waals surface area contributed by atoms with Crippen molar-refractivity contribution in [1.82, 2.24) is 65.4 Å². The van der Waals surface area contributed by atoms with Crippen molar-refractivity contribution in [1.29, 1.82) is 0 Å². The standard InChI is InChI=1S/C66H112N18O11/c1-2-46-93-48-50-95-51-49-94-47-37-71-64-72-65(81-42-38-79(39-43-81)58(85)29-15-11-7-3-5-9-13-21-35-69-62(91)56(27-17-19-33-67)83-52-54(75-77-83)25-23-31-60(87)88)74-66(73-64)82-44-40-80(41-45-82)59(86)30-16-12-8-4-6-10-14-22-36-70-63(92)57(28-18-20-34-68)84-53-55(76-78-84)26-24-32-61(89)90/h1,52-53,56-57H,3-51,67-68H2,(H,69,91)(H,70,92)(H,87,88)(H,89,90)(H,71,72,73,74)/t56-,57+. The summed E-state index contributed by atoms with van der Waals surface area (Å²) in [4.78, 5) is 97.9. The Morgan fingerprint density at radius 2 is 0.884 bits per heavy atom. The molecule has 0 radical (unpaired) electrons. The highest BCUT2D eigenvalue weighted by Gasteiger charge is 2.28. The molecule has 0 aromatic carbocycles. The number of aryl methyl sites for hydroxylation is 2. The SMILES string of the molecule is C#CCOCCOCCOCCNc1nc(N2CCN(C(=O)CCCCCCCCCCNC(=O)[C@@H](CCCCN)n3cc(CCCC(=O)O)nn3)CC2)nc(N2CCN(C(=O)CCCCCCCCCCNC(=O)[C@H](CCCCN)n3cc(CCCC(=O)O)nn3)CC2)n1. The highest BCUT2D eigenvalue weighted by Crippen LogP contribution is 2.23. The van der Waals surface area contributed by atoms with Crippen LogP contribution >= 0.6 is 0 Å². The lowest BCUT2D eigenvalue weighted by Crippen LogP contribution is -2.50. The molecule has 29 heteroatoms. The zero-order chi connectivity index (χ0) is 67.9. The van der Waals surface area contributed by atoms with Crippen LogP contribution < -0.4 is 37.2 Å². The number of unbranched alkanes of at least 4 members (excludes halogenated alkanes) is 16. The number of terminal acetylenes is 1. The lowest BCUT2D eigenvalue weighted by Gasteiger charge is -2.36. The van der Waals surface area contributed by atoms with Gasteiger partial charge in [0.25, 0.3) is 0 Å². The molecule has 532 valence electrons. The van der Waals surface area contributed by atoms with Gasteiger partial charge in [-0.25, -0.2) is 9.36 Å². The summed E-state index contributed by atoms with van der Waals surface area (Å²) in [6.45, 7) is 9.70. The number of piperazine rings is 2. The average molecular weight is 1330 g/mol. The number of aliphatic carboxylic acids is 2. The van der Waals surface area contributed by atoms with Crippen LogP contribution in [-0.2, 0) is 55.8 Å². The molecule has 29 nitrogen and oxygen atoms in total. The Bertz CT molecular complexity index is 2520. The predicted octanol–water partition coefficient (Wildman–Crippen LogP) is 5.26. The van der Waals surface area contributed by atoms with Crippen molar-refractivity contribution in [3.8, 4) is 12.3 Å². The number of hydrogen-bond donors (Lipinski definition) is 7. The summed E-state index contributed by atoms with van der Waals surface area (Å²) in [5, 5.41) is 44.2. The summed E-state index contributed by atoms with van der Waals surface area (Å²) in [6, 6.07) is -0.973. The van der Waals surface area contributed by atoms with Crippen molar-refractivity contribution in [3.05, 3.63) is 23.8 Å². The van der Waals surface area contributed by atoms with Crippen molar-refractivity contribution in [3.63, 3.8) is 0 Å². The minimum absolute atomic E-state index is 0.0576. The fourth-order valence-corrected chi connectivity index (χ4v) is 11.5. The number of nitrogens with two attached hydrogens (primary N) is 2. The topological polar surface area (TPSA) is 372 Å². The molecular weight excluding hydrogens is 1220 g/mol. The molecule has 2 saturated heterocycles. The summed E-state index contributed by atoms with van der Waals surface area (Å²) in [5.41, 5.74) is 12.8. The third kappa shape index (κ3) is 32.9. The quantitative estimate of drug-likeness (QED) is 0.0280. The molecule has 5 heterocycles. The highest BCUT2D eigenvalue weighted by molar-refractivity contribution is 5.80. The van der Waals surface area contributed by atoms with Crippen LogP contribution in [0.2, 0.25) is 0 Å². The third-order valence-electron chi connectivity index (χ3n) is 17.0. The number of anilines is 3. The van der Waals surface area contributed by atoms with Crippen LogP contribution in [0.25, 0.3) is 0 Å². The van der Waals surface area contributed by atoms with Crippen molar-refractivity contribution in [2.45, 2.75) is 205 Å². The first-order valence-electron chi connectivity index (χ1n) is 35.3. The maximum absolute atomic E-state index is 13.4. The summed E-state index contributed by atoms with van der Waals surface area (Å²) >= 11 is 0. The van der Waals surface area contributed by atoms with Crippen LogP contribution in [0, 0.1) is 12.3 Å². The average Bonchev–Trinajstić information content (AvgIpc) is 2.10. The van der Waals surface area contributed by atoms with Gasteiger partial charge in [-0.3, -0.25) is 28.8 Å². The van der Waals surface area contributed by atoms with Gasteiger partial charge < -0.3 is 71.4 Å². The van der Waals surface area contributed by atoms with E-state index in [0.717, 1.165) is 128 Å². The molecule has 0 spiro atoms. The predicted molar refractivity (Wildman–Crippen MR) is 361 cm³/mol. The second-order valence-electron chi connectivity index (χ2n) is 24.6. The van der Waals surface area contributed by atoms with E-state index in [1.807, 2.05) is 9.80 Å². The molecule has 0 bridgehead atoms. The number of carbonyl (C=O) groups excluding carboxylic acids is 4. The molecule has 3 aromatic heterocycles. The summed E-state index contributed by atoms with van der Waals surface area (Å²) in [6.07, 6.45) is 32.3. The van der Waals surface area contributed by atoms with Crippen molar-refractivity contribution in [2.24, 2.45) is 11.5 Å². The number of ether oxygens (including phenoxy) is 3. The van der Waals surface area contributed by atoms with E-state index in [-0.39, 0.29) is 43.1 Å². The number of nitrogens with zero attached hydrogens (tertiary/aromatic N) is 13. The Labute approximate surface area is 562 Å². The largest absolute Gasteiger partial charge is 0.481 e. The number of carbonyl (C=O) groups is 6. The number of rotatable bonds is 55. The van der Waals surface area contributed by atoms with E-state index < -0.39 is 24.0 Å². The first kappa shape index (κ1) is 78.6. The normalized spacial score (nSPS) is 14.0. The van der Waals surface area contributed by atoms with Crippen molar-refractivity contribution in [2.75, 3.05) is 140 Å². The van der Waals surface area contributed by atoms with Crippen LogP contribution in [0.1, 0.15) is 203 Å². The highest BCUT2D eigenvalue weighted by atomic mass is 16.5. The lowest BCUT2D eigenvalue weighted by atomic mass is 10.1. The first-order valence-corrected chi connectivity index (χ1v) is 35.3. The van der Waals surface area contributed by atoms with E-state index in [9.17, 15) is 28.8 Å². The zero-order valence-electron chi connectivity index (χ0n) is 56.6. The van der Waals surface area contributed by atoms with Crippen LogP contribution in [0.4, 0.5) is 17.8 Å². The third-order valence-corrected chi connectivity index (χ3v) is 17.0. The fourth-order valence-electron chi connectivity index (χ4n) is 11.5. The molecule has 0 unspecified atom stereocenters. The number of carboxylic acid groups (broad SMARTS) is 2. The van der Waals surface area contributed by atoms with E-state index in [2.05, 4.69) is 52.3 Å². The molecule has 9 N–H and O–H groups in total. The molecule has 0 saturated carbocycles. The Morgan fingerprint density at radius 1 is 0.484 bits per heavy atom. The molecule has 2 aliphatic rings. The van der Waals surface area contributed by atoms with Gasteiger partial charge in [0.2, 0.25) is 41.5 Å². The Hall–Kier alpha value is -7.13. The van der Waals surface area contributed by atoms with Gasteiger partial charge in [-0.15, -0.1) is 16.6 Å². The molecule has 95 heavy (non-hydrogen) atoms. The van der Waals surface area contributed by atoms with Crippen LogP contribution in [0.3, 0.4) is 0 Å². The van der Waals surface area contributed by atoms with Gasteiger partial charge in [-0.1, -0.05) is 93.4 Å². The second kappa shape index (κ2) is 48.5. The number of amides is 4. The smallest absolute Gasteiger partial charge is 0.303 e. The van der Waals surface area contributed by atoms with E-state index >= 15 is 0 Å². The van der Waals surface area contributed by atoms with Gasteiger partial charge in [0.15, 0.2) is 0 Å². The lowest BCUT2D eigenvalue weighted by molar-refractivity contribution is -0.138. The summed E-state index contributed by atoms with van der Waals surface area (Å²) < 4.78 is 19.8. The van der Waals surface area contributed by atoms with Crippen LogP contribution in [-0.4, -0.2) is 225 Å². The number of carboxylic acids is 2. The van der Waals surface area contributed by atoms with Gasteiger partial charge in [-0.05, 0) is 103 Å². The van der Waals surface area contributed by atoms with Gasteiger partial charge >= 0.3 is 11.9 Å². The van der Waals surface area contributed by atoms with Crippen molar-refractivity contribution >= 4 is 53.4 Å². The molecule has 2 fully saturated rings. The van der Waals surface area contributed by atoms with E-state index in [0.29, 0.717) is 199 Å². The van der Waals surface area contributed by atoms with Crippen molar-refractivity contribution < 1.29 is 53.2 Å². The Balaban J connectivity index is 0.957. The maximum atomic E-state index is 13.4. The van der Waals surface area contributed by atoms with Crippen LogP contribution in [0.15, 0.2) is 12.4 Å². The van der Waals surface area contributed by atoms with E-state index in [4.69, 9.17) is 57.3 Å². The second-order valence-corrected chi connectivity index (χ2v) is 24.6. The number of nitrogens with one attached hydrogen (secondary N) is 3. The minimum Gasteiger partial charge on any atom is -0.481 e. The van der Waals surface area contributed by atoms with E-state index in [1.54, 1.807) is 21.8 Å². The van der Waals surface area contributed by atoms with Gasteiger partial charge in [0.1, 0.15) is 18.7 Å². The van der Waals surface area contributed by atoms with Gasteiger partial charge in [-0.2, -0.15) is 15.0 Å². The fraction of sp³-hybridized carbons (Fsp3) is 0.773. The van der Waals surface area contributed by atoms with Crippen LogP contribution in [0.5, 0.6) is 0 Å². The molecular formula is C66H112N18O11.